The smallest absolute Gasteiger partial charge is 0.335 e. The second-order valence-electron chi connectivity index (χ2n) is 10.1. The average Bonchev–Trinajstić information content (AvgIpc) is 3.34. The van der Waals surface area contributed by atoms with Crippen LogP contribution in [-0.2, 0) is 6.54 Å². The monoisotopic (exact) mass is 444 g/mol. The Morgan fingerprint density at radius 3 is 2.64 bits per heavy atom. The van der Waals surface area contributed by atoms with E-state index in [1.807, 2.05) is 6.07 Å². The van der Waals surface area contributed by atoms with Crippen molar-refractivity contribution in [2.24, 2.45) is 5.92 Å². The number of rotatable bonds is 4. The first-order valence-electron chi connectivity index (χ1n) is 12.5. The highest BCUT2D eigenvalue weighted by Crippen LogP contribution is 2.51. The molecule has 33 heavy (non-hydrogen) atoms. The van der Waals surface area contributed by atoms with Crippen LogP contribution in [0.1, 0.15) is 72.0 Å². The lowest BCUT2D eigenvalue weighted by Crippen LogP contribution is -2.29. The van der Waals surface area contributed by atoms with Gasteiger partial charge in [-0.1, -0.05) is 49.6 Å². The Kier molecular flexibility index (Phi) is 5.27. The molecule has 2 atom stereocenters. The molecular weight excluding hydrogens is 412 g/mol. The van der Waals surface area contributed by atoms with Crippen LogP contribution in [0.25, 0.3) is 22.2 Å². The van der Waals surface area contributed by atoms with E-state index in [9.17, 15) is 15.0 Å². The number of aromatic nitrogens is 1. The van der Waals surface area contributed by atoms with Crippen LogP contribution in [0.15, 0.2) is 42.5 Å². The lowest BCUT2D eigenvalue weighted by Gasteiger charge is -2.28. The molecule has 0 amide bonds. The quantitative estimate of drug-likeness (QED) is 0.564. The van der Waals surface area contributed by atoms with E-state index in [2.05, 4.69) is 39.8 Å². The van der Waals surface area contributed by atoms with Gasteiger partial charge >= 0.3 is 5.97 Å². The molecule has 5 heteroatoms. The third kappa shape index (κ3) is 3.32. The summed E-state index contributed by atoms with van der Waals surface area (Å²) in [6.07, 6.45) is 7.35. The zero-order chi connectivity index (χ0) is 22.5. The van der Waals surface area contributed by atoms with Crippen LogP contribution in [0, 0.1) is 5.92 Å². The summed E-state index contributed by atoms with van der Waals surface area (Å²) < 4.78 is 2.46. The van der Waals surface area contributed by atoms with Crippen LogP contribution in [0.3, 0.4) is 0 Å². The van der Waals surface area contributed by atoms with Gasteiger partial charge in [0.2, 0.25) is 0 Å². The van der Waals surface area contributed by atoms with E-state index in [-0.39, 0.29) is 6.61 Å². The van der Waals surface area contributed by atoms with Gasteiger partial charge in [-0.3, -0.25) is 4.90 Å². The predicted octanol–water partition coefficient (Wildman–Crippen LogP) is 5.42. The fourth-order valence-electron chi connectivity index (χ4n) is 6.95. The van der Waals surface area contributed by atoms with Crippen molar-refractivity contribution < 1.29 is 15.0 Å². The number of hydrogen-bond donors (Lipinski definition) is 2. The molecule has 5 nitrogen and oxygen atoms in total. The van der Waals surface area contributed by atoms with Gasteiger partial charge in [0.05, 0.1) is 17.9 Å². The van der Waals surface area contributed by atoms with Crippen LogP contribution in [0.2, 0.25) is 0 Å². The SMILES string of the molecule is O=C(O)c1ccc2c(C3CCCCC3)c3n(c2c1)C[C@@H]1CCN(CCO)[C@H]1c1ccccc1-3. The Balaban J connectivity index is 1.63. The number of aliphatic hydroxyl groups excluding tert-OH is 1. The van der Waals surface area contributed by atoms with Gasteiger partial charge in [0, 0.05) is 35.6 Å². The molecule has 172 valence electrons. The van der Waals surface area contributed by atoms with Crippen molar-refractivity contribution >= 4 is 16.9 Å². The second-order valence-corrected chi connectivity index (χ2v) is 10.1. The lowest BCUT2D eigenvalue weighted by molar-refractivity contribution is 0.0697. The van der Waals surface area contributed by atoms with Gasteiger partial charge in [0.25, 0.3) is 0 Å². The maximum Gasteiger partial charge on any atom is 0.335 e. The summed E-state index contributed by atoms with van der Waals surface area (Å²) in [7, 11) is 0. The molecule has 0 spiro atoms. The maximum atomic E-state index is 11.8. The van der Waals surface area contributed by atoms with Gasteiger partial charge in [-0.05, 0) is 60.9 Å². The highest BCUT2D eigenvalue weighted by atomic mass is 16.4. The van der Waals surface area contributed by atoms with Crippen LogP contribution in [-0.4, -0.2) is 45.3 Å². The molecule has 1 aromatic heterocycles. The molecule has 1 saturated carbocycles. The fraction of sp³-hybridized carbons (Fsp3) is 0.464. The molecule has 2 aliphatic heterocycles. The molecule has 0 unspecified atom stereocenters. The molecule has 2 fully saturated rings. The summed E-state index contributed by atoms with van der Waals surface area (Å²) in [6, 6.07) is 14.9. The molecule has 1 aliphatic carbocycles. The van der Waals surface area contributed by atoms with Crippen LogP contribution in [0.4, 0.5) is 0 Å². The van der Waals surface area contributed by atoms with Crippen molar-refractivity contribution in [2.75, 3.05) is 19.7 Å². The summed E-state index contributed by atoms with van der Waals surface area (Å²) >= 11 is 0. The van der Waals surface area contributed by atoms with Gasteiger partial charge in [-0.15, -0.1) is 0 Å². The number of aromatic carboxylic acids is 1. The number of benzene rings is 2. The standard InChI is InChI=1S/C28H32N2O3/c31-15-14-29-13-12-20-17-30-24-16-19(28(32)33)10-11-23(24)25(18-6-2-1-3-7-18)27(30)22-9-5-4-8-21(22)26(20)29/h4-5,8-11,16,18,20,26,31H,1-3,6-7,12-15,17H2,(H,32,33)/t20-,26+/m0/s1. The molecule has 2 aromatic carbocycles. The Labute approximate surface area is 194 Å². The van der Waals surface area contributed by atoms with Crippen molar-refractivity contribution in [1.82, 2.24) is 9.47 Å². The number of carbonyl (C=O) groups is 1. The van der Waals surface area contributed by atoms with E-state index in [0.29, 0.717) is 30.0 Å². The molecule has 2 N–H and O–H groups in total. The van der Waals surface area contributed by atoms with E-state index >= 15 is 0 Å². The first-order valence-corrected chi connectivity index (χ1v) is 12.5. The first kappa shape index (κ1) is 20.9. The second kappa shape index (κ2) is 8.30. The fourth-order valence-corrected chi connectivity index (χ4v) is 6.95. The number of fused-ring (bicyclic) bond motifs is 7. The van der Waals surface area contributed by atoms with Gasteiger partial charge in [-0.2, -0.15) is 0 Å². The summed E-state index contributed by atoms with van der Waals surface area (Å²) in [5, 5.41) is 20.7. The third-order valence-electron chi connectivity index (χ3n) is 8.33. The Morgan fingerprint density at radius 2 is 1.85 bits per heavy atom. The maximum absolute atomic E-state index is 11.8. The number of β-amino-alcohol motifs (C(OH)–C–C–N with tert-alkyl or cyclic N) is 1. The number of carboxylic acid groups (broad SMARTS) is 1. The molecule has 0 bridgehead atoms. The molecule has 6 rings (SSSR count). The summed E-state index contributed by atoms with van der Waals surface area (Å²) in [6.45, 7) is 2.76. The zero-order valence-electron chi connectivity index (χ0n) is 19.0. The number of nitrogens with zero attached hydrogens (tertiary/aromatic N) is 2. The minimum absolute atomic E-state index is 0.177. The van der Waals surface area contributed by atoms with E-state index in [0.717, 1.165) is 25.0 Å². The van der Waals surface area contributed by atoms with Crippen LogP contribution < -0.4 is 0 Å². The zero-order valence-corrected chi connectivity index (χ0v) is 19.0. The van der Waals surface area contributed by atoms with Gasteiger partial charge in [0.15, 0.2) is 0 Å². The van der Waals surface area contributed by atoms with Crippen molar-refractivity contribution in [3.63, 3.8) is 0 Å². The molecule has 3 heterocycles. The molecule has 0 radical (unpaired) electrons. The van der Waals surface area contributed by atoms with Gasteiger partial charge in [0.1, 0.15) is 0 Å². The molecule has 3 aromatic rings. The van der Waals surface area contributed by atoms with Gasteiger partial charge < -0.3 is 14.8 Å². The van der Waals surface area contributed by atoms with Crippen molar-refractivity contribution in [1.29, 1.82) is 0 Å². The predicted molar refractivity (Wildman–Crippen MR) is 130 cm³/mol. The van der Waals surface area contributed by atoms with Crippen LogP contribution in [0.5, 0.6) is 0 Å². The minimum Gasteiger partial charge on any atom is -0.478 e. The average molecular weight is 445 g/mol. The Hall–Kier alpha value is -2.63. The largest absolute Gasteiger partial charge is 0.478 e. The van der Waals surface area contributed by atoms with Crippen molar-refractivity contribution in [3.05, 3.63) is 59.2 Å². The normalized spacial score (nSPS) is 23.2. The molecule has 1 saturated heterocycles. The summed E-state index contributed by atoms with van der Waals surface area (Å²) in [5.74, 6) is 0.100. The first-order chi connectivity index (χ1) is 16.2. The number of hydrogen-bond acceptors (Lipinski definition) is 3. The van der Waals surface area contributed by atoms with E-state index in [1.165, 1.54) is 59.9 Å². The lowest BCUT2D eigenvalue weighted by atomic mass is 9.81. The Bertz CT molecular complexity index is 1210. The minimum atomic E-state index is -0.867. The van der Waals surface area contributed by atoms with E-state index < -0.39 is 5.97 Å². The van der Waals surface area contributed by atoms with Crippen molar-refractivity contribution in [2.45, 2.75) is 57.0 Å². The van der Waals surface area contributed by atoms with E-state index in [4.69, 9.17) is 0 Å². The highest BCUT2D eigenvalue weighted by Gasteiger charge is 2.40. The van der Waals surface area contributed by atoms with E-state index in [1.54, 1.807) is 6.07 Å². The number of aliphatic hydroxyl groups is 1. The number of carboxylic acids is 1. The molecular formula is C28H32N2O3. The number of likely N-dealkylation sites (tertiary alicyclic amines) is 1. The third-order valence-corrected chi connectivity index (χ3v) is 8.33. The Morgan fingerprint density at radius 1 is 1.03 bits per heavy atom. The van der Waals surface area contributed by atoms with Crippen LogP contribution >= 0.6 is 0 Å². The topological polar surface area (TPSA) is 65.7 Å². The highest BCUT2D eigenvalue weighted by molar-refractivity contribution is 5.98. The van der Waals surface area contributed by atoms with Crippen molar-refractivity contribution in [3.8, 4) is 11.3 Å². The summed E-state index contributed by atoms with van der Waals surface area (Å²) in [4.78, 5) is 14.3. The van der Waals surface area contributed by atoms with Gasteiger partial charge in [-0.25, -0.2) is 4.79 Å². The molecule has 3 aliphatic rings. The summed E-state index contributed by atoms with van der Waals surface area (Å²) in [5.41, 5.74) is 6.84.